The molecule has 0 fully saturated rings. The summed E-state index contributed by atoms with van der Waals surface area (Å²) in [6.45, 7) is 2.19. The largest absolute Gasteiger partial charge is 0.383 e. The van der Waals surface area contributed by atoms with Crippen molar-refractivity contribution in [2.75, 3.05) is 0 Å². The molecule has 0 aliphatic carbocycles. The Balaban J connectivity index is 1.99. The minimum Gasteiger partial charge on any atom is -0.383 e. The van der Waals surface area contributed by atoms with Crippen LogP contribution in [0.15, 0.2) is 58.5 Å². The van der Waals surface area contributed by atoms with Gasteiger partial charge < -0.3 is 5.73 Å². The molecule has 2 N–H and O–H groups in total. The molecule has 0 aliphatic heterocycles. The summed E-state index contributed by atoms with van der Waals surface area (Å²) in [7, 11) is 0. The number of amidine groups is 1. The van der Waals surface area contributed by atoms with E-state index in [2.05, 4.69) is 29.0 Å². The van der Waals surface area contributed by atoms with Gasteiger partial charge in [-0.3, -0.25) is 4.79 Å². The van der Waals surface area contributed by atoms with E-state index in [1.807, 2.05) is 12.1 Å². The molecule has 0 saturated heterocycles. The van der Waals surface area contributed by atoms with Crippen LogP contribution in [0, 0.1) is 0 Å². The summed E-state index contributed by atoms with van der Waals surface area (Å²) in [5.41, 5.74) is 9.44. The number of carbonyl (C=O) groups is 1. The number of aliphatic imine (C=N–C) groups is 2. The summed E-state index contributed by atoms with van der Waals surface area (Å²) >= 11 is 0. The van der Waals surface area contributed by atoms with Gasteiger partial charge in [0.15, 0.2) is 0 Å². The summed E-state index contributed by atoms with van der Waals surface area (Å²) in [5.74, 6) is 0.366. The van der Waals surface area contributed by atoms with Crippen molar-refractivity contribution in [3.05, 3.63) is 65.2 Å². The first-order valence-electron chi connectivity index (χ1n) is 7.73. The van der Waals surface area contributed by atoms with Gasteiger partial charge in [-0.05, 0) is 30.5 Å². The van der Waals surface area contributed by atoms with Crippen LogP contribution in [0.2, 0.25) is 0 Å². The first kappa shape index (κ1) is 16.6. The average molecular weight is 307 g/mol. The van der Waals surface area contributed by atoms with Gasteiger partial charge in [-0.1, -0.05) is 49.7 Å². The van der Waals surface area contributed by atoms with Crippen LogP contribution in [0.4, 0.5) is 5.69 Å². The van der Waals surface area contributed by atoms with Crippen LogP contribution in [0.5, 0.6) is 0 Å². The van der Waals surface area contributed by atoms with Gasteiger partial charge in [-0.25, -0.2) is 9.98 Å². The highest BCUT2D eigenvalue weighted by molar-refractivity contribution is 6.01. The normalized spacial score (nSPS) is 11.8. The van der Waals surface area contributed by atoms with Gasteiger partial charge >= 0.3 is 0 Å². The summed E-state index contributed by atoms with van der Waals surface area (Å²) in [5, 5.41) is 0. The zero-order valence-electron chi connectivity index (χ0n) is 13.3. The third kappa shape index (κ3) is 5.18. The van der Waals surface area contributed by atoms with E-state index in [0.29, 0.717) is 11.4 Å². The highest BCUT2D eigenvalue weighted by Gasteiger charge is 1.97. The summed E-state index contributed by atoms with van der Waals surface area (Å²) < 4.78 is 0. The van der Waals surface area contributed by atoms with Crippen molar-refractivity contribution in [3.8, 4) is 0 Å². The minimum absolute atomic E-state index is 0.366. The topological polar surface area (TPSA) is 67.8 Å². The van der Waals surface area contributed by atoms with Crippen molar-refractivity contribution in [2.24, 2.45) is 15.7 Å². The third-order valence-electron chi connectivity index (χ3n) is 3.50. The molecule has 2 aromatic rings. The second kappa shape index (κ2) is 8.63. The van der Waals surface area contributed by atoms with Crippen LogP contribution < -0.4 is 5.73 Å². The van der Waals surface area contributed by atoms with E-state index in [-0.39, 0.29) is 0 Å². The molecule has 0 spiro atoms. The van der Waals surface area contributed by atoms with Crippen LogP contribution in [0.3, 0.4) is 0 Å². The summed E-state index contributed by atoms with van der Waals surface area (Å²) in [6, 6.07) is 15.1. The molecule has 0 heterocycles. The standard InChI is InChI=1S/C19H21N3O/c1-2-3-4-15-7-11-18(12-8-15)21-14-22-19(20)17-9-5-16(13-23)6-10-17/h5-14H,2-4H2,1H3,(H2,20,21,22). The summed E-state index contributed by atoms with van der Waals surface area (Å²) in [6.07, 6.45) is 5.74. The van der Waals surface area contributed by atoms with E-state index in [1.54, 1.807) is 24.3 Å². The highest BCUT2D eigenvalue weighted by atomic mass is 16.1. The summed E-state index contributed by atoms with van der Waals surface area (Å²) in [4.78, 5) is 19.0. The Morgan fingerprint density at radius 3 is 2.39 bits per heavy atom. The van der Waals surface area contributed by atoms with Gasteiger partial charge in [-0.15, -0.1) is 0 Å². The quantitative estimate of drug-likeness (QED) is 0.479. The van der Waals surface area contributed by atoms with Gasteiger partial charge in [0.1, 0.15) is 18.5 Å². The van der Waals surface area contributed by atoms with E-state index in [1.165, 1.54) is 24.7 Å². The van der Waals surface area contributed by atoms with E-state index >= 15 is 0 Å². The molecule has 0 saturated carbocycles. The lowest BCUT2D eigenvalue weighted by Crippen LogP contribution is -2.13. The Labute approximate surface area is 136 Å². The lowest BCUT2D eigenvalue weighted by molar-refractivity contribution is 0.112. The molecule has 0 unspecified atom stereocenters. The maximum Gasteiger partial charge on any atom is 0.150 e. The molecule has 0 aromatic heterocycles. The Kier molecular flexibility index (Phi) is 6.24. The van der Waals surface area contributed by atoms with Crippen LogP contribution >= 0.6 is 0 Å². The minimum atomic E-state index is 0.366. The number of rotatable bonds is 7. The number of carbonyl (C=O) groups excluding carboxylic acids is 1. The monoisotopic (exact) mass is 307 g/mol. The van der Waals surface area contributed by atoms with Crippen molar-refractivity contribution in [3.63, 3.8) is 0 Å². The van der Waals surface area contributed by atoms with Crippen LogP contribution in [-0.4, -0.2) is 18.5 Å². The Bertz CT molecular complexity index is 686. The number of hydrogen-bond donors (Lipinski definition) is 1. The van der Waals surface area contributed by atoms with E-state index in [9.17, 15) is 4.79 Å². The fourth-order valence-electron chi connectivity index (χ4n) is 2.09. The van der Waals surface area contributed by atoms with Crippen LogP contribution in [-0.2, 0) is 6.42 Å². The molecule has 0 amide bonds. The van der Waals surface area contributed by atoms with E-state index in [0.717, 1.165) is 24.0 Å². The average Bonchev–Trinajstić information content (AvgIpc) is 2.61. The molecule has 2 aromatic carbocycles. The fraction of sp³-hybridized carbons (Fsp3) is 0.211. The lowest BCUT2D eigenvalue weighted by atomic mass is 10.1. The molecule has 23 heavy (non-hydrogen) atoms. The molecule has 4 nitrogen and oxygen atoms in total. The molecule has 0 aliphatic rings. The van der Waals surface area contributed by atoms with Gasteiger partial charge in [0.2, 0.25) is 0 Å². The second-order valence-electron chi connectivity index (χ2n) is 5.27. The number of benzene rings is 2. The SMILES string of the molecule is CCCCc1ccc(N=CN=C(N)c2ccc(C=O)cc2)cc1. The smallest absolute Gasteiger partial charge is 0.150 e. The number of hydrogen-bond acceptors (Lipinski definition) is 2. The van der Waals surface area contributed by atoms with Crippen LogP contribution in [0.1, 0.15) is 41.3 Å². The Morgan fingerprint density at radius 2 is 1.78 bits per heavy atom. The van der Waals surface area contributed by atoms with E-state index in [4.69, 9.17) is 5.73 Å². The van der Waals surface area contributed by atoms with Gasteiger partial charge in [0.25, 0.3) is 0 Å². The van der Waals surface area contributed by atoms with Crippen molar-refractivity contribution in [1.82, 2.24) is 0 Å². The number of aldehydes is 1. The number of unbranched alkanes of at least 4 members (excludes halogenated alkanes) is 1. The molecular weight excluding hydrogens is 286 g/mol. The molecule has 0 atom stereocenters. The van der Waals surface area contributed by atoms with Crippen molar-refractivity contribution in [1.29, 1.82) is 0 Å². The predicted molar refractivity (Wildman–Crippen MR) is 95.8 cm³/mol. The van der Waals surface area contributed by atoms with Gasteiger partial charge in [-0.2, -0.15) is 0 Å². The number of aryl methyl sites for hydroxylation is 1. The Morgan fingerprint density at radius 1 is 1.09 bits per heavy atom. The predicted octanol–water partition coefficient (Wildman–Crippen LogP) is 3.91. The Hall–Kier alpha value is -2.75. The molecular formula is C19H21N3O. The molecule has 4 heteroatoms. The van der Waals surface area contributed by atoms with Crippen LogP contribution in [0.25, 0.3) is 0 Å². The zero-order valence-corrected chi connectivity index (χ0v) is 13.3. The highest BCUT2D eigenvalue weighted by Crippen LogP contribution is 2.14. The van der Waals surface area contributed by atoms with Gasteiger partial charge in [0.05, 0.1) is 5.69 Å². The fourth-order valence-corrected chi connectivity index (χ4v) is 2.09. The van der Waals surface area contributed by atoms with Crippen molar-refractivity contribution < 1.29 is 4.79 Å². The first-order chi connectivity index (χ1) is 11.2. The maximum atomic E-state index is 10.6. The van der Waals surface area contributed by atoms with E-state index < -0.39 is 0 Å². The van der Waals surface area contributed by atoms with Gasteiger partial charge in [0, 0.05) is 11.1 Å². The second-order valence-corrected chi connectivity index (χ2v) is 5.27. The molecule has 0 bridgehead atoms. The third-order valence-corrected chi connectivity index (χ3v) is 3.50. The maximum absolute atomic E-state index is 10.6. The zero-order chi connectivity index (χ0) is 16.5. The first-order valence-corrected chi connectivity index (χ1v) is 7.73. The number of nitrogens with two attached hydrogens (primary N) is 1. The molecule has 2 rings (SSSR count). The van der Waals surface area contributed by atoms with Crippen molar-refractivity contribution in [2.45, 2.75) is 26.2 Å². The number of nitrogens with zero attached hydrogens (tertiary/aromatic N) is 2. The molecule has 118 valence electrons. The lowest BCUT2D eigenvalue weighted by Gasteiger charge is -2.00. The molecule has 0 radical (unpaired) electrons. The van der Waals surface area contributed by atoms with Crippen molar-refractivity contribution >= 4 is 24.1 Å².